The third-order valence-electron chi connectivity index (χ3n) is 3.11. The monoisotopic (exact) mass is 282 g/mol. The lowest BCUT2D eigenvalue weighted by Gasteiger charge is -2.15. The van der Waals surface area contributed by atoms with E-state index in [2.05, 4.69) is 19.1 Å². The van der Waals surface area contributed by atoms with E-state index in [0.717, 1.165) is 23.5 Å². The Kier molecular flexibility index (Phi) is 8.07. The summed E-state index contributed by atoms with van der Waals surface area (Å²) in [4.78, 5) is 0. The minimum atomic E-state index is 0.239. The minimum Gasteiger partial charge on any atom is -0.467 e. The Labute approximate surface area is 122 Å². The zero-order chi connectivity index (χ0) is 14.8. The summed E-state index contributed by atoms with van der Waals surface area (Å²) in [6.45, 7) is 4.66. The molecule has 1 rings (SSSR count). The number of aryl methyl sites for hydroxylation is 1. The average molecular weight is 282 g/mol. The molecule has 4 heteroatoms. The zero-order valence-corrected chi connectivity index (χ0v) is 13.0. The second-order valence-electron chi connectivity index (χ2n) is 4.78. The van der Waals surface area contributed by atoms with E-state index in [9.17, 15) is 0 Å². The number of hydrogen-bond donors (Lipinski definition) is 0. The number of benzene rings is 1. The average Bonchev–Trinajstić information content (AvgIpc) is 2.46. The Balaban J connectivity index is 2.86. The molecule has 0 saturated carbocycles. The topological polar surface area (TPSA) is 36.9 Å². The van der Waals surface area contributed by atoms with Crippen molar-refractivity contribution >= 4 is 0 Å². The molecule has 0 aliphatic heterocycles. The molecule has 0 atom stereocenters. The lowest BCUT2D eigenvalue weighted by molar-refractivity contribution is 0.0449. The molecule has 1 aromatic rings. The van der Waals surface area contributed by atoms with Crippen LogP contribution in [0.4, 0.5) is 0 Å². The molecular formula is C16H26O4. The van der Waals surface area contributed by atoms with Crippen molar-refractivity contribution in [1.29, 1.82) is 0 Å². The van der Waals surface area contributed by atoms with Gasteiger partial charge in [0.05, 0.1) is 0 Å². The summed E-state index contributed by atoms with van der Waals surface area (Å²) in [6, 6.07) is 4.15. The van der Waals surface area contributed by atoms with Gasteiger partial charge in [0.15, 0.2) is 13.6 Å². The van der Waals surface area contributed by atoms with Crippen molar-refractivity contribution in [1.82, 2.24) is 0 Å². The molecule has 20 heavy (non-hydrogen) atoms. The highest BCUT2D eigenvalue weighted by Crippen LogP contribution is 2.30. The molecule has 0 bridgehead atoms. The molecule has 0 saturated heterocycles. The number of ether oxygens (including phenoxy) is 4. The van der Waals surface area contributed by atoms with E-state index in [1.54, 1.807) is 14.2 Å². The highest BCUT2D eigenvalue weighted by molar-refractivity contribution is 5.47. The smallest absolute Gasteiger partial charge is 0.188 e. The van der Waals surface area contributed by atoms with Crippen molar-refractivity contribution in [2.24, 2.45) is 0 Å². The fourth-order valence-corrected chi connectivity index (χ4v) is 1.98. The van der Waals surface area contributed by atoms with Gasteiger partial charge in [0.25, 0.3) is 0 Å². The van der Waals surface area contributed by atoms with Crippen molar-refractivity contribution < 1.29 is 18.9 Å². The van der Waals surface area contributed by atoms with Crippen LogP contribution in [0.15, 0.2) is 12.1 Å². The maximum absolute atomic E-state index is 5.61. The Morgan fingerprint density at radius 2 is 1.45 bits per heavy atom. The van der Waals surface area contributed by atoms with E-state index in [1.807, 2.05) is 6.92 Å². The lowest BCUT2D eigenvalue weighted by Crippen LogP contribution is -2.05. The van der Waals surface area contributed by atoms with Crippen LogP contribution in [-0.4, -0.2) is 27.8 Å². The second-order valence-corrected chi connectivity index (χ2v) is 4.78. The van der Waals surface area contributed by atoms with Crippen LogP contribution in [0.5, 0.6) is 11.5 Å². The third kappa shape index (κ3) is 5.39. The minimum absolute atomic E-state index is 0.239. The molecule has 1 aromatic carbocycles. The lowest BCUT2D eigenvalue weighted by atomic mass is 10.0. The largest absolute Gasteiger partial charge is 0.467 e. The van der Waals surface area contributed by atoms with Crippen LogP contribution in [0.3, 0.4) is 0 Å². The maximum atomic E-state index is 5.61. The van der Waals surface area contributed by atoms with Crippen molar-refractivity contribution in [2.75, 3.05) is 27.8 Å². The molecule has 0 N–H and O–H groups in total. The normalized spacial score (nSPS) is 10.6. The van der Waals surface area contributed by atoms with Crippen LogP contribution in [0.2, 0.25) is 0 Å². The summed E-state index contributed by atoms with van der Waals surface area (Å²) in [5.74, 6) is 1.62. The summed E-state index contributed by atoms with van der Waals surface area (Å²) in [7, 11) is 3.23. The van der Waals surface area contributed by atoms with Crippen LogP contribution in [0.1, 0.15) is 37.3 Å². The number of rotatable bonds is 10. The van der Waals surface area contributed by atoms with Gasteiger partial charge in [0, 0.05) is 19.8 Å². The van der Waals surface area contributed by atoms with Crippen molar-refractivity contribution in [2.45, 2.75) is 39.5 Å². The van der Waals surface area contributed by atoms with Crippen LogP contribution in [0, 0.1) is 6.92 Å². The van der Waals surface area contributed by atoms with Gasteiger partial charge in [-0.1, -0.05) is 19.8 Å². The van der Waals surface area contributed by atoms with Crippen molar-refractivity contribution in [3.05, 3.63) is 23.3 Å². The first-order chi connectivity index (χ1) is 9.72. The van der Waals surface area contributed by atoms with Gasteiger partial charge in [-0.3, -0.25) is 0 Å². The molecule has 0 spiro atoms. The summed E-state index contributed by atoms with van der Waals surface area (Å²) < 4.78 is 21.2. The SMILES string of the molecule is CCCCCc1cc(OCOC)c(C)c(OCOC)c1. The summed E-state index contributed by atoms with van der Waals surface area (Å²) in [6.07, 6.45) is 4.65. The standard InChI is InChI=1S/C16H26O4/c1-5-6-7-8-14-9-15(19-11-17-3)13(2)16(10-14)20-12-18-4/h9-10H,5-8,11-12H2,1-4H3. The second kappa shape index (κ2) is 9.61. The van der Waals surface area contributed by atoms with E-state index in [-0.39, 0.29) is 13.6 Å². The van der Waals surface area contributed by atoms with E-state index in [1.165, 1.54) is 24.8 Å². The predicted molar refractivity (Wildman–Crippen MR) is 79.4 cm³/mol. The van der Waals surface area contributed by atoms with E-state index in [0.29, 0.717) is 0 Å². The molecule has 0 unspecified atom stereocenters. The van der Waals surface area contributed by atoms with Gasteiger partial charge >= 0.3 is 0 Å². The highest BCUT2D eigenvalue weighted by Gasteiger charge is 2.10. The molecule has 0 radical (unpaired) electrons. The number of methoxy groups -OCH3 is 2. The van der Waals surface area contributed by atoms with Gasteiger partial charge in [-0.15, -0.1) is 0 Å². The van der Waals surface area contributed by atoms with Gasteiger partial charge in [0.1, 0.15) is 11.5 Å². The number of unbranched alkanes of at least 4 members (excludes halogenated alkanes) is 2. The van der Waals surface area contributed by atoms with Crippen molar-refractivity contribution in [3.8, 4) is 11.5 Å². The Hall–Kier alpha value is -1.26. The quantitative estimate of drug-likeness (QED) is 0.484. The fourth-order valence-electron chi connectivity index (χ4n) is 1.98. The summed E-state index contributed by atoms with van der Waals surface area (Å²) in [5, 5.41) is 0. The van der Waals surface area contributed by atoms with E-state index >= 15 is 0 Å². The molecule has 0 aromatic heterocycles. The van der Waals surface area contributed by atoms with Crippen LogP contribution in [-0.2, 0) is 15.9 Å². The van der Waals surface area contributed by atoms with Gasteiger partial charge in [-0.05, 0) is 37.5 Å². The highest BCUT2D eigenvalue weighted by atomic mass is 16.7. The van der Waals surface area contributed by atoms with Gasteiger partial charge < -0.3 is 18.9 Å². The molecule has 0 aliphatic carbocycles. The van der Waals surface area contributed by atoms with Crippen molar-refractivity contribution in [3.63, 3.8) is 0 Å². The molecule has 0 aliphatic rings. The molecule has 0 heterocycles. The molecule has 114 valence electrons. The van der Waals surface area contributed by atoms with E-state index in [4.69, 9.17) is 18.9 Å². The summed E-state index contributed by atoms with van der Waals surface area (Å²) in [5.41, 5.74) is 2.19. The fraction of sp³-hybridized carbons (Fsp3) is 0.625. The van der Waals surface area contributed by atoms with E-state index < -0.39 is 0 Å². The maximum Gasteiger partial charge on any atom is 0.188 e. The molecular weight excluding hydrogens is 256 g/mol. The Morgan fingerprint density at radius 1 is 0.900 bits per heavy atom. The molecule has 0 amide bonds. The van der Waals surface area contributed by atoms with Gasteiger partial charge in [0.2, 0.25) is 0 Å². The zero-order valence-electron chi connectivity index (χ0n) is 13.0. The van der Waals surface area contributed by atoms with Gasteiger partial charge in [-0.25, -0.2) is 0 Å². The first kappa shape index (κ1) is 16.8. The molecule has 0 fully saturated rings. The Bertz CT molecular complexity index is 361. The first-order valence-corrected chi connectivity index (χ1v) is 7.09. The number of hydrogen-bond acceptors (Lipinski definition) is 4. The predicted octanol–water partition coefficient (Wildman–Crippen LogP) is 3.69. The van der Waals surface area contributed by atoms with Crippen LogP contribution >= 0.6 is 0 Å². The third-order valence-corrected chi connectivity index (χ3v) is 3.11. The Morgan fingerprint density at radius 3 is 1.90 bits per heavy atom. The first-order valence-electron chi connectivity index (χ1n) is 7.09. The van der Waals surface area contributed by atoms with Gasteiger partial charge in [-0.2, -0.15) is 0 Å². The summed E-state index contributed by atoms with van der Waals surface area (Å²) >= 11 is 0. The van der Waals surface area contributed by atoms with Crippen LogP contribution in [0.25, 0.3) is 0 Å². The molecule has 4 nitrogen and oxygen atoms in total. The van der Waals surface area contributed by atoms with Crippen LogP contribution < -0.4 is 9.47 Å².